The fraction of sp³-hybridized carbons (Fsp3) is 1.00. The number of sulfonamides is 1. The van der Waals surface area contributed by atoms with Crippen molar-refractivity contribution in [1.29, 1.82) is 0 Å². The predicted octanol–water partition coefficient (Wildman–Crippen LogP) is 1.82. The van der Waals surface area contributed by atoms with Gasteiger partial charge in [-0.3, -0.25) is 0 Å². The second-order valence-electron chi connectivity index (χ2n) is 3.52. The first-order valence-corrected chi connectivity index (χ1v) is 5.37. The van der Waals surface area contributed by atoms with E-state index in [1.54, 1.807) is 0 Å². The summed E-state index contributed by atoms with van der Waals surface area (Å²) in [5.74, 6) is -0.0203. The monoisotopic (exact) mass is 189 g/mol. The Balaban J connectivity index is 2.46. The molecule has 1 fully saturated rings. The summed E-state index contributed by atoms with van der Waals surface area (Å²) < 4.78 is 24.5. The third-order valence-corrected chi connectivity index (χ3v) is 3.27. The first-order chi connectivity index (χ1) is 5.47. The lowest BCUT2D eigenvalue weighted by Gasteiger charge is -2.04. The van der Waals surface area contributed by atoms with Crippen LogP contribution in [0.25, 0.3) is 10.4 Å². The fourth-order valence-corrected chi connectivity index (χ4v) is 1.88. The van der Waals surface area contributed by atoms with E-state index in [1.807, 2.05) is 6.92 Å². The quantitative estimate of drug-likeness (QED) is 0.384. The molecule has 5 nitrogen and oxygen atoms in total. The minimum absolute atomic E-state index is 0.0203. The molecule has 0 amide bonds. The second kappa shape index (κ2) is 2.95. The highest BCUT2D eigenvalue weighted by atomic mass is 32.2. The highest BCUT2D eigenvalue weighted by Crippen LogP contribution is 2.48. The van der Waals surface area contributed by atoms with Crippen LogP contribution in [0.5, 0.6) is 0 Å². The van der Waals surface area contributed by atoms with Gasteiger partial charge in [0.15, 0.2) is 0 Å². The molecule has 1 aliphatic carbocycles. The smallest absolute Gasteiger partial charge is 0.221 e. The molecule has 0 unspecified atom stereocenters. The number of hydrogen-bond donors (Lipinski definition) is 0. The van der Waals surface area contributed by atoms with E-state index in [0.29, 0.717) is 6.42 Å². The zero-order valence-electron chi connectivity index (χ0n) is 6.89. The van der Waals surface area contributed by atoms with Crippen molar-refractivity contribution >= 4 is 10.0 Å². The SMILES string of the molecule is CC1(CCS(=O)(=O)N=[N+]=[N-])CC1. The van der Waals surface area contributed by atoms with E-state index >= 15 is 0 Å². The largest absolute Gasteiger partial charge is 0.235 e. The van der Waals surface area contributed by atoms with E-state index in [9.17, 15) is 8.42 Å². The average molecular weight is 189 g/mol. The molecule has 0 aromatic heterocycles. The highest BCUT2D eigenvalue weighted by molar-refractivity contribution is 7.89. The summed E-state index contributed by atoms with van der Waals surface area (Å²) in [5, 5.41) is 0. The molecule has 12 heavy (non-hydrogen) atoms. The van der Waals surface area contributed by atoms with Crippen LogP contribution in [0.4, 0.5) is 0 Å². The van der Waals surface area contributed by atoms with Gasteiger partial charge < -0.3 is 0 Å². The van der Waals surface area contributed by atoms with E-state index in [1.165, 1.54) is 0 Å². The van der Waals surface area contributed by atoms with Gasteiger partial charge in [-0.25, -0.2) is 8.42 Å². The van der Waals surface area contributed by atoms with Crippen molar-refractivity contribution in [2.45, 2.75) is 26.2 Å². The van der Waals surface area contributed by atoms with Gasteiger partial charge in [-0.05, 0) is 30.2 Å². The number of azide groups is 1. The molecule has 6 heteroatoms. The molecule has 0 heterocycles. The molecule has 0 spiro atoms. The molecule has 0 aliphatic heterocycles. The molecule has 1 rings (SSSR count). The molecular weight excluding hydrogens is 178 g/mol. The molecule has 0 aromatic rings. The first kappa shape index (κ1) is 9.35. The molecule has 0 atom stereocenters. The Morgan fingerprint density at radius 2 is 2.17 bits per heavy atom. The van der Waals surface area contributed by atoms with Crippen LogP contribution in [-0.4, -0.2) is 14.2 Å². The van der Waals surface area contributed by atoms with Gasteiger partial charge in [-0.1, -0.05) is 6.92 Å². The Bertz CT molecular complexity index is 312. The summed E-state index contributed by atoms with van der Waals surface area (Å²) in [5.41, 5.74) is 8.12. The molecule has 0 N–H and O–H groups in total. The van der Waals surface area contributed by atoms with Crippen LogP contribution in [0.2, 0.25) is 0 Å². The summed E-state index contributed by atoms with van der Waals surface area (Å²) in [6.07, 6.45) is 2.77. The molecule has 0 aromatic carbocycles. The van der Waals surface area contributed by atoms with Crippen LogP contribution in [0.1, 0.15) is 26.2 Å². The maximum Gasteiger partial charge on any atom is 0.235 e. The first-order valence-electron chi connectivity index (χ1n) is 3.77. The number of nitrogens with zero attached hydrogens (tertiary/aromatic N) is 3. The van der Waals surface area contributed by atoms with Crippen LogP contribution >= 0.6 is 0 Å². The molecule has 1 aliphatic rings. The van der Waals surface area contributed by atoms with Crippen molar-refractivity contribution in [3.8, 4) is 0 Å². The molecular formula is C6H11N3O2S. The second-order valence-corrected chi connectivity index (χ2v) is 5.25. The summed E-state index contributed by atoms with van der Waals surface area (Å²) in [6, 6.07) is 0. The van der Waals surface area contributed by atoms with E-state index in [-0.39, 0.29) is 11.2 Å². The molecule has 1 saturated carbocycles. The highest BCUT2D eigenvalue weighted by Gasteiger charge is 2.37. The zero-order chi connectivity index (χ0) is 9.24. The maximum atomic E-state index is 10.9. The topological polar surface area (TPSA) is 82.9 Å². The standard InChI is InChI=1S/C6H11N3O2S/c1-6(2-3-6)4-5-12(10,11)9-8-7/h2-5H2,1H3. The fourth-order valence-electron chi connectivity index (χ4n) is 0.935. The van der Waals surface area contributed by atoms with Gasteiger partial charge in [0.05, 0.1) is 5.75 Å². The Morgan fingerprint density at radius 1 is 1.58 bits per heavy atom. The maximum absolute atomic E-state index is 10.9. The minimum Gasteiger partial charge on any atom is -0.221 e. The summed E-state index contributed by atoms with van der Waals surface area (Å²) in [6.45, 7) is 2.04. The van der Waals surface area contributed by atoms with Crippen LogP contribution in [0.15, 0.2) is 4.52 Å². The lowest BCUT2D eigenvalue weighted by atomic mass is 10.1. The van der Waals surface area contributed by atoms with Crippen LogP contribution in [-0.2, 0) is 10.0 Å². The minimum atomic E-state index is -3.52. The van der Waals surface area contributed by atoms with Gasteiger partial charge in [0.1, 0.15) is 0 Å². The predicted molar refractivity (Wildman–Crippen MR) is 44.9 cm³/mol. The average Bonchev–Trinajstić information content (AvgIpc) is 2.66. The summed E-state index contributed by atoms with van der Waals surface area (Å²) in [4.78, 5) is 2.27. The van der Waals surface area contributed by atoms with Gasteiger partial charge in [0.25, 0.3) is 0 Å². The normalized spacial score (nSPS) is 19.8. The van der Waals surface area contributed by atoms with Crippen molar-refractivity contribution in [2.75, 3.05) is 5.75 Å². The Kier molecular flexibility index (Phi) is 2.30. The number of rotatable bonds is 4. The summed E-state index contributed by atoms with van der Waals surface area (Å²) >= 11 is 0. The Hall–Kier alpha value is -0.740. The number of hydrogen-bond acceptors (Lipinski definition) is 2. The van der Waals surface area contributed by atoms with Gasteiger partial charge in [0, 0.05) is 9.43 Å². The summed E-state index contributed by atoms with van der Waals surface area (Å²) in [7, 11) is -3.52. The van der Waals surface area contributed by atoms with Crippen molar-refractivity contribution in [2.24, 2.45) is 9.93 Å². The molecule has 0 saturated heterocycles. The van der Waals surface area contributed by atoms with Crippen molar-refractivity contribution in [3.63, 3.8) is 0 Å². The van der Waals surface area contributed by atoms with E-state index in [2.05, 4.69) is 9.43 Å². The molecule has 68 valence electrons. The third kappa shape index (κ3) is 2.71. The van der Waals surface area contributed by atoms with E-state index < -0.39 is 10.0 Å². The Morgan fingerprint density at radius 3 is 2.58 bits per heavy atom. The third-order valence-electron chi connectivity index (χ3n) is 2.23. The van der Waals surface area contributed by atoms with Gasteiger partial charge in [0.2, 0.25) is 10.0 Å². The van der Waals surface area contributed by atoms with Gasteiger partial charge in [-0.2, -0.15) is 0 Å². The van der Waals surface area contributed by atoms with Crippen LogP contribution < -0.4 is 0 Å². The van der Waals surface area contributed by atoms with Crippen molar-refractivity contribution in [1.82, 2.24) is 0 Å². The van der Waals surface area contributed by atoms with Crippen LogP contribution in [0.3, 0.4) is 0 Å². The zero-order valence-corrected chi connectivity index (χ0v) is 7.71. The van der Waals surface area contributed by atoms with Crippen molar-refractivity contribution < 1.29 is 8.42 Å². The van der Waals surface area contributed by atoms with E-state index in [0.717, 1.165) is 12.8 Å². The molecule has 0 bridgehead atoms. The van der Waals surface area contributed by atoms with Gasteiger partial charge >= 0.3 is 0 Å². The Labute approximate surface area is 71.5 Å². The lowest BCUT2D eigenvalue weighted by Crippen LogP contribution is -2.06. The lowest BCUT2D eigenvalue weighted by molar-refractivity contribution is 0.536. The molecule has 0 radical (unpaired) electrons. The van der Waals surface area contributed by atoms with Crippen molar-refractivity contribution in [3.05, 3.63) is 10.4 Å². The van der Waals surface area contributed by atoms with Gasteiger partial charge in [-0.15, -0.1) is 0 Å². The van der Waals surface area contributed by atoms with E-state index in [4.69, 9.17) is 5.53 Å². The van der Waals surface area contributed by atoms with Crippen LogP contribution in [0, 0.1) is 5.41 Å².